The number of methoxy groups -OCH3 is 1. The summed E-state index contributed by atoms with van der Waals surface area (Å²) in [5, 5.41) is 18.3. The number of nitrogens with zero attached hydrogens (tertiary/aromatic N) is 2. The van der Waals surface area contributed by atoms with Crippen LogP contribution in [0.3, 0.4) is 0 Å². The molecule has 0 bridgehead atoms. The number of hydrogen-bond donors (Lipinski definition) is 0. The van der Waals surface area contributed by atoms with Crippen LogP contribution in [0.1, 0.15) is 15.9 Å². The Bertz CT molecular complexity index is 936. The van der Waals surface area contributed by atoms with Crippen LogP contribution >= 0.6 is 23.2 Å². The van der Waals surface area contributed by atoms with Crippen molar-refractivity contribution in [3.63, 3.8) is 0 Å². The van der Waals surface area contributed by atoms with Crippen LogP contribution in [0.5, 0.6) is 11.5 Å². The Morgan fingerprint density at radius 1 is 1.15 bits per heavy atom. The number of Topliss-reactive ketones (excluding diaryl/α,β-unsaturated/α-hetero) is 1. The molecule has 0 amide bonds. The highest BCUT2D eigenvalue weighted by atomic mass is 35.5. The van der Waals surface area contributed by atoms with Crippen molar-refractivity contribution in [1.82, 2.24) is 0 Å². The summed E-state index contributed by atoms with van der Waals surface area (Å²) in [6.45, 7) is -0.127. The number of nitriles is 2. The molecule has 0 saturated carbocycles. The van der Waals surface area contributed by atoms with Gasteiger partial charge in [-0.2, -0.15) is 10.5 Å². The van der Waals surface area contributed by atoms with E-state index in [1.54, 1.807) is 24.3 Å². The Kier molecular flexibility index (Phi) is 6.63. The second-order valence-electron chi connectivity index (χ2n) is 4.95. The Morgan fingerprint density at radius 2 is 1.85 bits per heavy atom. The van der Waals surface area contributed by atoms with Crippen molar-refractivity contribution < 1.29 is 14.3 Å². The van der Waals surface area contributed by atoms with Crippen LogP contribution < -0.4 is 9.47 Å². The Labute approximate surface area is 160 Å². The fourth-order valence-corrected chi connectivity index (χ4v) is 2.74. The van der Waals surface area contributed by atoms with Gasteiger partial charge < -0.3 is 9.47 Å². The molecule has 0 N–H and O–H groups in total. The molecular weight excluding hydrogens is 375 g/mol. The number of allylic oxidation sites excluding steroid dienone is 1. The Balaban J connectivity index is 2.42. The molecule has 0 atom stereocenters. The van der Waals surface area contributed by atoms with Crippen LogP contribution in [0.4, 0.5) is 0 Å². The van der Waals surface area contributed by atoms with Gasteiger partial charge in [-0.15, -0.1) is 0 Å². The fourth-order valence-electron chi connectivity index (χ4n) is 2.17. The molecule has 5 nitrogen and oxygen atoms in total. The number of rotatable bonds is 6. The second-order valence-corrected chi connectivity index (χ2v) is 5.77. The minimum Gasteiger partial charge on any atom is -0.493 e. The van der Waals surface area contributed by atoms with Crippen molar-refractivity contribution in [3.05, 3.63) is 63.1 Å². The van der Waals surface area contributed by atoms with E-state index in [0.29, 0.717) is 17.1 Å². The smallest absolute Gasteiger partial charge is 0.206 e. The average Bonchev–Trinajstić information content (AvgIpc) is 2.64. The summed E-state index contributed by atoms with van der Waals surface area (Å²) in [6, 6.07) is 13.2. The first-order chi connectivity index (χ1) is 12.5. The molecule has 26 heavy (non-hydrogen) atoms. The molecule has 0 aliphatic rings. The summed E-state index contributed by atoms with van der Waals surface area (Å²) >= 11 is 12.1. The van der Waals surface area contributed by atoms with Gasteiger partial charge in [-0.25, -0.2) is 0 Å². The topological polar surface area (TPSA) is 83.1 Å². The lowest BCUT2D eigenvalue weighted by Gasteiger charge is -2.09. The molecule has 0 spiro atoms. The molecule has 2 aromatic rings. The van der Waals surface area contributed by atoms with Gasteiger partial charge in [0.15, 0.2) is 18.1 Å². The summed E-state index contributed by atoms with van der Waals surface area (Å²) < 4.78 is 10.4. The maximum Gasteiger partial charge on any atom is 0.206 e. The predicted octanol–water partition coefficient (Wildman–Crippen LogP) is 4.69. The van der Waals surface area contributed by atoms with E-state index in [2.05, 4.69) is 0 Å². The SMILES string of the molecule is COc1cc(/C=C(/C#N)C(=O)c2c(Cl)cccc2Cl)ccc1OCC#N. The maximum absolute atomic E-state index is 12.6. The third-order valence-corrected chi connectivity index (χ3v) is 3.98. The highest BCUT2D eigenvalue weighted by Crippen LogP contribution is 2.30. The maximum atomic E-state index is 12.6. The molecule has 0 unspecified atom stereocenters. The van der Waals surface area contributed by atoms with Crippen LogP contribution in [0, 0.1) is 22.7 Å². The number of hydrogen-bond acceptors (Lipinski definition) is 5. The number of carbonyl (C=O) groups is 1. The van der Waals surface area contributed by atoms with Gasteiger partial charge in [0.1, 0.15) is 17.7 Å². The van der Waals surface area contributed by atoms with Gasteiger partial charge in [0.2, 0.25) is 5.78 Å². The zero-order valence-corrected chi connectivity index (χ0v) is 15.1. The summed E-state index contributed by atoms with van der Waals surface area (Å²) in [4.78, 5) is 12.6. The molecule has 2 aromatic carbocycles. The number of benzene rings is 2. The summed E-state index contributed by atoms with van der Waals surface area (Å²) in [6.07, 6.45) is 1.40. The van der Waals surface area contributed by atoms with Crippen LogP contribution in [0.25, 0.3) is 6.08 Å². The van der Waals surface area contributed by atoms with E-state index in [4.69, 9.17) is 37.9 Å². The van der Waals surface area contributed by atoms with Gasteiger partial charge in [0.05, 0.1) is 22.7 Å². The highest BCUT2D eigenvalue weighted by Gasteiger charge is 2.19. The molecule has 0 aromatic heterocycles. The number of ether oxygens (including phenoxy) is 2. The predicted molar refractivity (Wildman–Crippen MR) is 98.5 cm³/mol. The van der Waals surface area contributed by atoms with Gasteiger partial charge in [-0.1, -0.05) is 35.3 Å². The summed E-state index contributed by atoms with van der Waals surface area (Å²) in [5.41, 5.74) is 0.483. The van der Waals surface area contributed by atoms with E-state index in [-0.39, 0.29) is 27.8 Å². The zero-order valence-electron chi connectivity index (χ0n) is 13.6. The van der Waals surface area contributed by atoms with Crippen LogP contribution in [0.2, 0.25) is 10.0 Å². The standard InChI is InChI=1S/C19H12Cl2N2O3/c1-25-17-10-12(5-6-16(17)26-8-7-22)9-13(11-23)19(24)18-14(20)3-2-4-15(18)21/h2-6,9-10H,8H2,1H3/b13-9-. The quantitative estimate of drug-likeness (QED) is 0.408. The first kappa shape index (κ1) is 19.3. The fraction of sp³-hybridized carbons (Fsp3) is 0.105. The summed E-state index contributed by atoms with van der Waals surface area (Å²) in [7, 11) is 1.45. The van der Waals surface area contributed by atoms with Gasteiger partial charge in [-0.05, 0) is 35.9 Å². The molecule has 0 aliphatic heterocycles. The molecule has 2 rings (SSSR count). The molecule has 0 aliphatic carbocycles. The zero-order chi connectivity index (χ0) is 19.1. The molecule has 0 fully saturated rings. The van der Waals surface area contributed by atoms with Crippen molar-refractivity contribution in [2.45, 2.75) is 0 Å². The van der Waals surface area contributed by atoms with E-state index in [9.17, 15) is 10.1 Å². The van der Waals surface area contributed by atoms with E-state index in [0.717, 1.165) is 0 Å². The largest absolute Gasteiger partial charge is 0.493 e. The van der Waals surface area contributed by atoms with Gasteiger partial charge in [-0.3, -0.25) is 4.79 Å². The third kappa shape index (κ3) is 4.34. The monoisotopic (exact) mass is 386 g/mol. The molecule has 0 heterocycles. The van der Waals surface area contributed by atoms with E-state index in [1.807, 2.05) is 12.1 Å². The van der Waals surface area contributed by atoms with E-state index < -0.39 is 5.78 Å². The average molecular weight is 387 g/mol. The molecule has 7 heteroatoms. The Hall–Kier alpha value is -2.99. The van der Waals surface area contributed by atoms with E-state index in [1.165, 1.54) is 25.3 Å². The van der Waals surface area contributed by atoms with Gasteiger partial charge in [0.25, 0.3) is 0 Å². The van der Waals surface area contributed by atoms with Crippen molar-refractivity contribution in [1.29, 1.82) is 10.5 Å². The lowest BCUT2D eigenvalue weighted by Crippen LogP contribution is -2.04. The molecular formula is C19H12Cl2N2O3. The van der Waals surface area contributed by atoms with Crippen molar-refractivity contribution in [2.24, 2.45) is 0 Å². The highest BCUT2D eigenvalue weighted by molar-refractivity contribution is 6.41. The molecule has 0 saturated heterocycles. The minimum atomic E-state index is -0.577. The number of ketones is 1. The molecule has 130 valence electrons. The first-order valence-electron chi connectivity index (χ1n) is 7.30. The van der Waals surface area contributed by atoms with Crippen LogP contribution in [-0.4, -0.2) is 19.5 Å². The minimum absolute atomic E-state index is 0.0737. The lowest BCUT2D eigenvalue weighted by molar-refractivity contribution is 0.104. The van der Waals surface area contributed by atoms with Gasteiger partial charge >= 0.3 is 0 Å². The molecule has 0 radical (unpaired) electrons. The van der Waals surface area contributed by atoms with Crippen molar-refractivity contribution in [3.8, 4) is 23.6 Å². The lowest BCUT2D eigenvalue weighted by atomic mass is 10.0. The van der Waals surface area contributed by atoms with Crippen LogP contribution in [-0.2, 0) is 0 Å². The van der Waals surface area contributed by atoms with Crippen molar-refractivity contribution >= 4 is 35.1 Å². The normalized spacial score (nSPS) is 10.6. The summed E-state index contributed by atoms with van der Waals surface area (Å²) in [5.74, 6) is 0.173. The first-order valence-corrected chi connectivity index (χ1v) is 8.05. The van der Waals surface area contributed by atoms with Crippen molar-refractivity contribution in [2.75, 3.05) is 13.7 Å². The van der Waals surface area contributed by atoms with Crippen LogP contribution in [0.15, 0.2) is 42.0 Å². The van der Waals surface area contributed by atoms with Gasteiger partial charge in [0, 0.05) is 0 Å². The third-order valence-electron chi connectivity index (χ3n) is 3.35. The number of halogens is 2. The Morgan fingerprint density at radius 3 is 2.42 bits per heavy atom. The number of carbonyl (C=O) groups excluding carboxylic acids is 1. The second kappa shape index (κ2) is 8.92. The van der Waals surface area contributed by atoms with E-state index >= 15 is 0 Å².